The third kappa shape index (κ3) is 3.33. The lowest BCUT2D eigenvalue weighted by atomic mass is 10.1. The summed E-state index contributed by atoms with van der Waals surface area (Å²) in [7, 11) is 0. The zero-order chi connectivity index (χ0) is 10.8. The molecule has 1 fully saturated rings. The van der Waals surface area contributed by atoms with Crippen molar-refractivity contribution in [3.8, 4) is 0 Å². The largest absolute Gasteiger partial charge is 0.369 e. The Kier molecular flexibility index (Phi) is 3.10. The number of hydrogen-bond acceptors (Lipinski definition) is 3. The summed E-state index contributed by atoms with van der Waals surface area (Å²) in [5, 5.41) is 5.34. The van der Waals surface area contributed by atoms with Crippen LogP contribution in [0.2, 0.25) is 0 Å². The first-order valence-electron chi connectivity index (χ1n) is 4.57. The molecule has 1 saturated heterocycles. The van der Waals surface area contributed by atoms with Gasteiger partial charge in [-0.15, -0.1) is 0 Å². The van der Waals surface area contributed by atoms with Gasteiger partial charge in [0.1, 0.15) is 12.6 Å². The lowest BCUT2D eigenvalue weighted by molar-refractivity contribution is -0.139. The topological polar surface area (TPSA) is 67.4 Å². The van der Waals surface area contributed by atoms with Gasteiger partial charge in [0, 0.05) is 5.54 Å². The van der Waals surface area contributed by atoms with E-state index in [4.69, 9.17) is 4.74 Å². The minimum atomic E-state index is -0.560. The van der Waals surface area contributed by atoms with Gasteiger partial charge in [0.05, 0.1) is 6.61 Å². The van der Waals surface area contributed by atoms with Crippen molar-refractivity contribution in [1.82, 2.24) is 10.6 Å². The van der Waals surface area contributed by atoms with Crippen LogP contribution < -0.4 is 10.6 Å². The fourth-order valence-electron chi connectivity index (χ4n) is 1.15. The van der Waals surface area contributed by atoms with Crippen molar-refractivity contribution in [2.45, 2.75) is 32.4 Å². The van der Waals surface area contributed by atoms with Crippen LogP contribution in [0.25, 0.3) is 0 Å². The molecule has 1 heterocycles. The normalized spacial score (nSPS) is 22.8. The summed E-state index contributed by atoms with van der Waals surface area (Å²) in [5.41, 5.74) is -0.292. The van der Waals surface area contributed by atoms with Crippen LogP contribution in [0.15, 0.2) is 0 Å². The van der Waals surface area contributed by atoms with Gasteiger partial charge in [0.25, 0.3) is 0 Å². The zero-order valence-corrected chi connectivity index (χ0v) is 8.72. The maximum Gasteiger partial charge on any atom is 0.246 e. The molecule has 1 aliphatic rings. The standard InChI is InChI=1S/C9H16N2O3/c1-9(2,3)11-8(13)6-4-14-5-7(12)10-6/h6H,4-5H2,1-3H3,(H,10,12)(H,11,13). The number of ether oxygens (including phenoxy) is 1. The monoisotopic (exact) mass is 200 g/mol. The van der Waals surface area contributed by atoms with Gasteiger partial charge in [-0.25, -0.2) is 0 Å². The van der Waals surface area contributed by atoms with Gasteiger partial charge in [0.15, 0.2) is 0 Å². The van der Waals surface area contributed by atoms with Gasteiger partial charge in [-0.2, -0.15) is 0 Å². The maximum absolute atomic E-state index is 11.6. The van der Waals surface area contributed by atoms with E-state index in [2.05, 4.69) is 10.6 Å². The third-order valence-electron chi connectivity index (χ3n) is 1.67. The fourth-order valence-corrected chi connectivity index (χ4v) is 1.15. The van der Waals surface area contributed by atoms with Gasteiger partial charge in [0.2, 0.25) is 11.8 Å². The van der Waals surface area contributed by atoms with E-state index < -0.39 is 6.04 Å². The molecule has 0 aromatic heterocycles. The molecule has 14 heavy (non-hydrogen) atoms. The van der Waals surface area contributed by atoms with E-state index in [1.807, 2.05) is 20.8 Å². The summed E-state index contributed by atoms with van der Waals surface area (Å²) in [6.07, 6.45) is 0. The van der Waals surface area contributed by atoms with Crippen molar-refractivity contribution >= 4 is 11.8 Å². The summed E-state index contributed by atoms with van der Waals surface area (Å²) < 4.78 is 4.96. The van der Waals surface area contributed by atoms with Crippen LogP contribution in [0.5, 0.6) is 0 Å². The highest BCUT2D eigenvalue weighted by atomic mass is 16.5. The van der Waals surface area contributed by atoms with Crippen LogP contribution in [0, 0.1) is 0 Å². The minimum Gasteiger partial charge on any atom is -0.369 e. The number of hydrogen-bond donors (Lipinski definition) is 2. The van der Waals surface area contributed by atoms with Crippen LogP contribution in [-0.2, 0) is 14.3 Å². The minimum absolute atomic E-state index is 0.0410. The van der Waals surface area contributed by atoms with E-state index in [0.29, 0.717) is 0 Å². The molecule has 0 spiro atoms. The molecule has 80 valence electrons. The van der Waals surface area contributed by atoms with Crippen molar-refractivity contribution in [2.75, 3.05) is 13.2 Å². The lowest BCUT2D eigenvalue weighted by Gasteiger charge is -2.27. The number of carbonyl (C=O) groups excluding carboxylic acids is 2. The first-order valence-corrected chi connectivity index (χ1v) is 4.57. The Balaban J connectivity index is 2.48. The molecule has 2 N–H and O–H groups in total. The number of rotatable bonds is 1. The Morgan fingerprint density at radius 3 is 2.71 bits per heavy atom. The summed E-state index contributed by atoms with van der Waals surface area (Å²) in [5.74, 6) is -0.448. The van der Waals surface area contributed by atoms with Gasteiger partial charge in [-0.3, -0.25) is 9.59 Å². The first kappa shape index (κ1) is 11.0. The molecule has 1 aliphatic heterocycles. The second kappa shape index (κ2) is 3.96. The first-order chi connectivity index (χ1) is 6.38. The average molecular weight is 200 g/mol. The highest BCUT2D eigenvalue weighted by Gasteiger charge is 2.27. The molecular weight excluding hydrogens is 184 g/mol. The lowest BCUT2D eigenvalue weighted by Crippen LogP contribution is -2.57. The Morgan fingerprint density at radius 1 is 1.57 bits per heavy atom. The number of amides is 2. The maximum atomic E-state index is 11.6. The van der Waals surface area contributed by atoms with E-state index in [1.165, 1.54) is 0 Å². The summed E-state index contributed by atoms with van der Waals surface area (Å²) in [6.45, 7) is 5.94. The highest BCUT2D eigenvalue weighted by Crippen LogP contribution is 2.01. The molecule has 0 aromatic carbocycles. The van der Waals surface area contributed by atoms with Crippen LogP contribution in [-0.4, -0.2) is 36.6 Å². The van der Waals surface area contributed by atoms with Gasteiger partial charge < -0.3 is 15.4 Å². The van der Waals surface area contributed by atoms with Crippen molar-refractivity contribution in [3.63, 3.8) is 0 Å². The number of nitrogens with one attached hydrogen (secondary N) is 2. The number of morpholine rings is 1. The molecular formula is C9H16N2O3. The van der Waals surface area contributed by atoms with Crippen LogP contribution in [0.4, 0.5) is 0 Å². The number of carbonyl (C=O) groups is 2. The highest BCUT2D eigenvalue weighted by molar-refractivity contribution is 5.89. The van der Waals surface area contributed by atoms with E-state index in [1.54, 1.807) is 0 Å². The van der Waals surface area contributed by atoms with E-state index in [9.17, 15) is 9.59 Å². The Labute approximate surface area is 83.2 Å². The third-order valence-corrected chi connectivity index (χ3v) is 1.67. The molecule has 1 unspecified atom stereocenters. The summed E-state index contributed by atoms with van der Waals surface area (Å²) >= 11 is 0. The van der Waals surface area contributed by atoms with Crippen molar-refractivity contribution in [3.05, 3.63) is 0 Å². The second-order valence-electron chi connectivity index (χ2n) is 4.37. The van der Waals surface area contributed by atoms with E-state index >= 15 is 0 Å². The average Bonchev–Trinajstić information content (AvgIpc) is 2.01. The van der Waals surface area contributed by atoms with Gasteiger partial charge in [-0.1, -0.05) is 0 Å². The quantitative estimate of drug-likeness (QED) is 0.595. The molecule has 0 bridgehead atoms. The van der Waals surface area contributed by atoms with Crippen LogP contribution in [0.1, 0.15) is 20.8 Å². The van der Waals surface area contributed by atoms with Crippen molar-refractivity contribution in [2.24, 2.45) is 0 Å². The molecule has 0 saturated carbocycles. The molecule has 1 rings (SSSR count). The Morgan fingerprint density at radius 2 is 2.21 bits per heavy atom. The van der Waals surface area contributed by atoms with E-state index in [0.717, 1.165) is 0 Å². The summed E-state index contributed by atoms with van der Waals surface area (Å²) in [6, 6.07) is -0.560. The van der Waals surface area contributed by atoms with Gasteiger partial charge >= 0.3 is 0 Å². The molecule has 1 atom stereocenters. The smallest absolute Gasteiger partial charge is 0.246 e. The molecule has 0 aromatic rings. The molecule has 5 heteroatoms. The van der Waals surface area contributed by atoms with E-state index in [-0.39, 0.29) is 30.6 Å². The Hall–Kier alpha value is -1.10. The second-order valence-corrected chi connectivity index (χ2v) is 4.37. The SMILES string of the molecule is CC(C)(C)NC(=O)C1COCC(=O)N1. The van der Waals surface area contributed by atoms with Crippen LogP contribution >= 0.6 is 0 Å². The zero-order valence-electron chi connectivity index (χ0n) is 8.72. The molecule has 2 amide bonds. The fraction of sp³-hybridized carbons (Fsp3) is 0.778. The Bertz CT molecular complexity index is 245. The molecule has 0 radical (unpaired) electrons. The summed E-state index contributed by atoms with van der Waals surface area (Å²) in [4.78, 5) is 22.5. The van der Waals surface area contributed by atoms with Crippen molar-refractivity contribution < 1.29 is 14.3 Å². The van der Waals surface area contributed by atoms with Crippen LogP contribution in [0.3, 0.4) is 0 Å². The predicted octanol–water partition coefficient (Wildman–Crippen LogP) is -0.584. The molecule has 5 nitrogen and oxygen atoms in total. The van der Waals surface area contributed by atoms with Crippen molar-refractivity contribution in [1.29, 1.82) is 0 Å². The van der Waals surface area contributed by atoms with Gasteiger partial charge in [-0.05, 0) is 20.8 Å². The predicted molar refractivity (Wildman–Crippen MR) is 50.6 cm³/mol. The molecule has 0 aliphatic carbocycles.